The van der Waals surface area contributed by atoms with Crippen LogP contribution in [0.4, 0.5) is 0 Å². The van der Waals surface area contributed by atoms with Gasteiger partial charge >= 0.3 is 0 Å². The Bertz CT molecular complexity index is 180. The van der Waals surface area contributed by atoms with E-state index in [2.05, 4.69) is 11.9 Å². The summed E-state index contributed by atoms with van der Waals surface area (Å²) < 4.78 is 0. The van der Waals surface area contributed by atoms with Crippen LogP contribution in [0.3, 0.4) is 0 Å². The maximum atomic E-state index is 11.2. The molecule has 0 aromatic rings. The molecular formula is C8H15ClN2O. The molecule has 0 bridgehead atoms. The van der Waals surface area contributed by atoms with Crippen molar-refractivity contribution in [3.05, 3.63) is 11.6 Å². The molecule has 0 saturated carbocycles. The molecule has 3 N–H and O–H groups in total. The molecule has 0 aliphatic rings. The van der Waals surface area contributed by atoms with Crippen LogP contribution in [-0.2, 0) is 4.79 Å². The van der Waals surface area contributed by atoms with Crippen LogP contribution < -0.4 is 11.1 Å². The number of rotatable bonds is 4. The molecule has 4 heteroatoms. The first kappa shape index (κ1) is 11.5. The summed E-state index contributed by atoms with van der Waals surface area (Å²) in [5.41, 5.74) is 5.56. The Kier molecular flexibility index (Phi) is 4.93. The van der Waals surface area contributed by atoms with Gasteiger partial charge in [0.05, 0.1) is 12.6 Å². The summed E-state index contributed by atoms with van der Waals surface area (Å²) in [6, 6.07) is -0.471. The Morgan fingerprint density at radius 2 is 2.17 bits per heavy atom. The normalized spacial score (nSPS) is 12.8. The molecule has 12 heavy (non-hydrogen) atoms. The molecule has 0 radical (unpaired) electrons. The van der Waals surface area contributed by atoms with Crippen molar-refractivity contribution in [1.82, 2.24) is 5.32 Å². The molecule has 0 aliphatic carbocycles. The predicted octanol–water partition coefficient (Wildman–Crippen LogP) is 0.838. The lowest BCUT2D eigenvalue weighted by Gasteiger charge is -2.14. The van der Waals surface area contributed by atoms with E-state index < -0.39 is 6.04 Å². The first-order valence-corrected chi connectivity index (χ1v) is 4.19. The van der Waals surface area contributed by atoms with Gasteiger partial charge in [-0.05, 0) is 5.92 Å². The molecule has 0 saturated heterocycles. The molecule has 0 fully saturated rings. The van der Waals surface area contributed by atoms with Crippen molar-refractivity contribution >= 4 is 17.5 Å². The fourth-order valence-electron chi connectivity index (χ4n) is 0.604. The van der Waals surface area contributed by atoms with Crippen LogP contribution in [0.2, 0.25) is 0 Å². The van der Waals surface area contributed by atoms with Crippen molar-refractivity contribution in [1.29, 1.82) is 0 Å². The van der Waals surface area contributed by atoms with E-state index in [1.54, 1.807) is 0 Å². The highest BCUT2D eigenvalue weighted by Crippen LogP contribution is 1.99. The quantitative estimate of drug-likeness (QED) is 0.691. The summed E-state index contributed by atoms with van der Waals surface area (Å²) in [6.45, 7) is 7.50. The third-order valence-corrected chi connectivity index (χ3v) is 1.61. The molecule has 0 unspecified atom stereocenters. The number of hydrogen-bond donors (Lipinski definition) is 2. The van der Waals surface area contributed by atoms with Gasteiger partial charge in [-0.3, -0.25) is 4.79 Å². The summed E-state index contributed by atoms with van der Waals surface area (Å²) in [5.74, 6) is -0.0552. The molecule has 0 heterocycles. The number of hydrogen-bond acceptors (Lipinski definition) is 2. The third-order valence-electron chi connectivity index (χ3n) is 1.48. The van der Waals surface area contributed by atoms with Crippen molar-refractivity contribution in [3.63, 3.8) is 0 Å². The number of amides is 1. The van der Waals surface area contributed by atoms with Crippen LogP contribution in [0.1, 0.15) is 13.8 Å². The minimum atomic E-state index is -0.471. The third kappa shape index (κ3) is 4.36. The zero-order valence-corrected chi connectivity index (χ0v) is 8.19. The molecule has 1 amide bonds. The number of halogens is 1. The van der Waals surface area contributed by atoms with E-state index in [4.69, 9.17) is 17.3 Å². The van der Waals surface area contributed by atoms with E-state index in [1.165, 1.54) is 0 Å². The van der Waals surface area contributed by atoms with E-state index >= 15 is 0 Å². The van der Waals surface area contributed by atoms with Crippen molar-refractivity contribution in [2.75, 3.05) is 6.54 Å². The van der Waals surface area contributed by atoms with Crippen molar-refractivity contribution in [2.45, 2.75) is 19.9 Å². The Morgan fingerprint density at radius 1 is 1.67 bits per heavy atom. The van der Waals surface area contributed by atoms with Crippen molar-refractivity contribution in [2.24, 2.45) is 11.7 Å². The monoisotopic (exact) mass is 190 g/mol. The van der Waals surface area contributed by atoms with Crippen LogP contribution in [0.15, 0.2) is 11.6 Å². The van der Waals surface area contributed by atoms with E-state index in [9.17, 15) is 4.79 Å². The Balaban J connectivity index is 3.80. The molecule has 0 aromatic carbocycles. The van der Waals surface area contributed by atoms with Gasteiger partial charge in [0.25, 0.3) is 0 Å². The molecule has 0 spiro atoms. The molecule has 3 nitrogen and oxygen atoms in total. The minimum absolute atomic E-state index is 0.133. The van der Waals surface area contributed by atoms with E-state index in [-0.39, 0.29) is 18.4 Å². The summed E-state index contributed by atoms with van der Waals surface area (Å²) >= 11 is 5.46. The predicted molar refractivity (Wildman–Crippen MR) is 50.8 cm³/mol. The van der Waals surface area contributed by atoms with Gasteiger partial charge in [-0.1, -0.05) is 32.0 Å². The van der Waals surface area contributed by atoms with Gasteiger partial charge < -0.3 is 11.1 Å². The van der Waals surface area contributed by atoms with Crippen LogP contribution in [0, 0.1) is 5.92 Å². The second kappa shape index (κ2) is 5.17. The lowest BCUT2D eigenvalue weighted by molar-refractivity contribution is -0.123. The highest BCUT2D eigenvalue weighted by Gasteiger charge is 2.16. The van der Waals surface area contributed by atoms with E-state index in [0.29, 0.717) is 5.03 Å². The van der Waals surface area contributed by atoms with Crippen LogP contribution in [0.5, 0.6) is 0 Å². The highest BCUT2D eigenvalue weighted by atomic mass is 35.5. The zero-order valence-electron chi connectivity index (χ0n) is 7.43. The molecular weight excluding hydrogens is 176 g/mol. The molecule has 0 aromatic heterocycles. The number of nitrogens with two attached hydrogens (primary N) is 1. The Hall–Kier alpha value is -0.540. The second-order valence-corrected chi connectivity index (χ2v) is 3.54. The number of carbonyl (C=O) groups is 1. The van der Waals surface area contributed by atoms with Gasteiger partial charge in [-0.25, -0.2) is 0 Å². The smallest absolute Gasteiger partial charge is 0.237 e. The number of nitrogens with one attached hydrogen (secondary N) is 1. The van der Waals surface area contributed by atoms with Crippen molar-refractivity contribution in [3.8, 4) is 0 Å². The summed E-state index contributed by atoms with van der Waals surface area (Å²) in [7, 11) is 0. The van der Waals surface area contributed by atoms with Gasteiger partial charge in [0.1, 0.15) is 0 Å². The van der Waals surface area contributed by atoms with Crippen LogP contribution >= 0.6 is 11.6 Å². The fourth-order valence-corrected chi connectivity index (χ4v) is 0.670. The first-order chi connectivity index (χ1) is 5.45. The zero-order chi connectivity index (χ0) is 9.72. The Morgan fingerprint density at radius 3 is 2.50 bits per heavy atom. The van der Waals surface area contributed by atoms with Gasteiger partial charge in [0, 0.05) is 5.03 Å². The molecule has 1 atom stereocenters. The lowest BCUT2D eigenvalue weighted by Crippen LogP contribution is -2.44. The first-order valence-electron chi connectivity index (χ1n) is 3.81. The van der Waals surface area contributed by atoms with Gasteiger partial charge in [-0.15, -0.1) is 0 Å². The average Bonchev–Trinajstić information content (AvgIpc) is 1.98. The molecule has 0 aliphatic heterocycles. The summed E-state index contributed by atoms with van der Waals surface area (Å²) in [6.07, 6.45) is 0. The Labute approximate surface area is 78.0 Å². The lowest BCUT2D eigenvalue weighted by atomic mass is 10.1. The largest absolute Gasteiger partial charge is 0.350 e. The van der Waals surface area contributed by atoms with E-state index in [1.807, 2.05) is 13.8 Å². The number of carbonyl (C=O) groups excluding carboxylic acids is 1. The fraction of sp³-hybridized carbons (Fsp3) is 0.625. The maximum Gasteiger partial charge on any atom is 0.237 e. The van der Waals surface area contributed by atoms with Crippen LogP contribution in [-0.4, -0.2) is 18.5 Å². The molecule has 70 valence electrons. The second-order valence-electron chi connectivity index (χ2n) is 3.00. The summed E-state index contributed by atoms with van der Waals surface area (Å²) in [4.78, 5) is 11.2. The van der Waals surface area contributed by atoms with Gasteiger partial charge in [0.2, 0.25) is 5.91 Å². The van der Waals surface area contributed by atoms with Gasteiger partial charge in [-0.2, -0.15) is 0 Å². The summed E-state index contributed by atoms with van der Waals surface area (Å²) in [5, 5.41) is 2.97. The SMILES string of the molecule is C=C(Cl)CNC(=O)[C@H](N)C(C)C. The molecule has 0 rings (SSSR count). The van der Waals surface area contributed by atoms with Crippen molar-refractivity contribution < 1.29 is 4.79 Å². The van der Waals surface area contributed by atoms with Gasteiger partial charge in [0.15, 0.2) is 0 Å². The highest BCUT2D eigenvalue weighted by molar-refractivity contribution is 6.29. The maximum absolute atomic E-state index is 11.2. The van der Waals surface area contributed by atoms with Crippen LogP contribution in [0.25, 0.3) is 0 Å². The minimum Gasteiger partial charge on any atom is -0.350 e. The standard InChI is InChI=1S/C8H15ClN2O/c1-5(2)7(10)8(12)11-4-6(3)9/h5,7H,3-4,10H2,1-2H3,(H,11,12)/t7-/m1/s1. The topological polar surface area (TPSA) is 55.1 Å². The van der Waals surface area contributed by atoms with E-state index in [0.717, 1.165) is 0 Å². The average molecular weight is 191 g/mol.